The van der Waals surface area contributed by atoms with Crippen molar-refractivity contribution in [2.45, 2.75) is 31.7 Å². The number of aromatic amines is 1. The second-order valence-corrected chi connectivity index (χ2v) is 7.63. The molecule has 3 aromatic rings. The lowest BCUT2D eigenvalue weighted by atomic mass is 10.1. The second kappa shape index (κ2) is 6.76. The van der Waals surface area contributed by atoms with Crippen molar-refractivity contribution < 1.29 is 0 Å². The molecule has 1 saturated carbocycles. The Labute approximate surface area is 154 Å². The highest BCUT2D eigenvalue weighted by molar-refractivity contribution is 5.92. The van der Waals surface area contributed by atoms with E-state index in [1.54, 1.807) is 0 Å². The van der Waals surface area contributed by atoms with E-state index < -0.39 is 0 Å². The number of piperazine rings is 1. The van der Waals surface area contributed by atoms with Gasteiger partial charge in [0.25, 0.3) is 0 Å². The summed E-state index contributed by atoms with van der Waals surface area (Å²) < 4.78 is 0. The fourth-order valence-corrected chi connectivity index (χ4v) is 4.63. The zero-order valence-corrected chi connectivity index (χ0v) is 15.2. The van der Waals surface area contributed by atoms with Gasteiger partial charge in [-0.05, 0) is 31.0 Å². The van der Waals surface area contributed by atoms with Gasteiger partial charge in [-0.2, -0.15) is 5.10 Å². The lowest BCUT2D eigenvalue weighted by molar-refractivity contribution is 0.187. The zero-order chi connectivity index (χ0) is 17.3. The Bertz CT molecular complexity index is 869. The maximum absolute atomic E-state index is 4.52. The van der Waals surface area contributed by atoms with Crippen molar-refractivity contribution >= 4 is 16.6 Å². The molecule has 1 aliphatic carbocycles. The fraction of sp³-hybridized carbons (Fsp3) is 0.409. The summed E-state index contributed by atoms with van der Waals surface area (Å²) in [6.45, 7) is 4.69. The molecule has 2 aromatic carbocycles. The van der Waals surface area contributed by atoms with Crippen LogP contribution >= 0.6 is 0 Å². The molecule has 134 valence electrons. The Balaban J connectivity index is 1.30. The summed E-state index contributed by atoms with van der Waals surface area (Å²) in [5, 5.41) is 8.83. The number of hydrogen-bond acceptors (Lipinski definition) is 3. The molecule has 4 heteroatoms. The fourth-order valence-electron chi connectivity index (χ4n) is 4.63. The van der Waals surface area contributed by atoms with Crippen molar-refractivity contribution in [3.8, 4) is 11.3 Å². The summed E-state index contributed by atoms with van der Waals surface area (Å²) in [4.78, 5) is 5.24. The SMILES string of the molecule is c1ccc2c(-c3ccc(N4CCN(C5CCCC5)CC4)cc3)n[nH]c2c1. The smallest absolute Gasteiger partial charge is 0.0999 e. The number of aromatic nitrogens is 2. The Morgan fingerprint density at radius 1 is 0.846 bits per heavy atom. The van der Waals surface area contributed by atoms with Crippen molar-refractivity contribution in [3.63, 3.8) is 0 Å². The third-order valence-electron chi connectivity index (χ3n) is 6.13. The van der Waals surface area contributed by atoms with Crippen LogP contribution in [-0.2, 0) is 0 Å². The number of anilines is 1. The van der Waals surface area contributed by atoms with E-state index in [4.69, 9.17) is 0 Å². The van der Waals surface area contributed by atoms with Gasteiger partial charge in [0.1, 0.15) is 0 Å². The average Bonchev–Trinajstić information content (AvgIpc) is 3.38. The first kappa shape index (κ1) is 15.9. The van der Waals surface area contributed by atoms with Crippen LogP contribution in [0.1, 0.15) is 25.7 Å². The number of para-hydroxylation sites is 1. The molecule has 0 spiro atoms. The minimum atomic E-state index is 0.854. The lowest BCUT2D eigenvalue weighted by Crippen LogP contribution is -2.49. The van der Waals surface area contributed by atoms with E-state index >= 15 is 0 Å². The summed E-state index contributed by atoms with van der Waals surface area (Å²) >= 11 is 0. The van der Waals surface area contributed by atoms with E-state index in [-0.39, 0.29) is 0 Å². The predicted molar refractivity (Wildman–Crippen MR) is 108 cm³/mol. The maximum atomic E-state index is 4.52. The number of rotatable bonds is 3. The van der Waals surface area contributed by atoms with Crippen molar-refractivity contribution in [2.24, 2.45) is 0 Å². The van der Waals surface area contributed by atoms with Crippen LogP contribution in [0.5, 0.6) is 0 Å². The van der Waals surface area contributed by atoms with Crippen LogP contribution in [0.4, 0.5) is 5.69 Å². The second-order valence-electron chi connectivity index (χ2n) is 7.63. The molecule has 0 amide bonds. The minimum Gasteiger partial charge on any atom is -0.369 e. The molecule has 0 bridgehead atoms. The molecule has 0 unspecified atom stereocenters. The molecule has 2 fully saturated rings. The summed E-state index contributed by atoms with van der Waals surface area (Å²) in [7, 11) is 0. The van der Waals surface area contributed by atoms with Crippen LogP contribution < -0.4 is 4.90 Å². The maximum Gasteiger partial charge on any atom is 0.0999 e. The van der Waals surface area contributed by atoms with Gasteiger partial charge < -0.3 is 4.90 Å². The Morgan fingerprint density at radius 2 is 1.58 bits per heavy atom. The van der Waals surface area contributed by atoms with Gasteiger partial charge in [0.15, 0.2) is 0 Å². The van der Waals surface area contributed by atoms with Crippen molar-refractivity contribution in [1.82, 2.24) is 15.1 Å². The molecular formula is C22H26N4. The van der Waals surface area contributed by atoms with E-state index in [9.17, 15) is 0 Å². The van der Waals surface area contributed by atoms with Crippen LogP contribution in [-0.4, -0.2) is 47.3 Å². The van der Waals surface area contributed by atoms with Gasteiger partial charge in [0.2, 0.25) is 0 Å². The molecule has 5 rings (SSSR count). The van der Waals surface area contributed by atoms with E-state index in [0.29, 0.717) is 0 Å². The van der Waals surface area contributed by atoms with Gasteiger partial charge in [0, 0.05) is 48.9 Å². The van der Waals surface area contributed by atoms with Crippen LogP contribution in [0.3, 0.4) is 0 Å². The molecule has 0 radical (unpaired) electrons. The molecule has 1 N–H and O–H groups in total. The molecule has 1 aliphatic heterocycles. The van der Waals surface area contributed by atoms with Crippen molar-refractivity contribution in [1.29, 1.82) is 0 Å². The molecule has 4 nitrogen and oxygen atoms in total. The van der Waals surface area contributed by atoms with Gasteiger partial charge in [-0.3, -0.25) is 10.00 Å². The molecule has 26 heavy (non-hydrogen) atoms. The first-order chi connectivity index (χ1) is 12.9. The molecule has 1 saturated heterocycles. The highest BCUT2D eigenvalue weighted by Crippen LogP contribution is 2.29. The number of nitrogens with zero attached hydrogens (tertiary/aromatic N) is 3. The van der Waals surface area contributed by atoms with Gasteiger partial charge in [0.05, 0.1) is 11.2 Å². The van der Waals surface area contributed by atoms with Crippen molar-refractivity contribution in [2.75, 3.05) is 31.1 Å². The standard InChI is InChI=1S/C22H26N4/c1-2-6-18(5-1)25-13-15-26(16-14-25)19-11-9-17(10-12-19)22-20-7-3-4-8-21(20)23-24-22/h3-4,7-12,18H,1-2,5-6,13-16H2,(H,23,24). The van der Waals surface area contributed by atoms with Crippen LogP contribution in [0.2, 0.25) is 0 Å². The summed E-state index contributed by atoms with van der Waals surface area (Å²) in [6.07, 6.45) is 5.67. The highest BCUT2D eigenvalue weighted by atomic mass is 15.3. The lowest BCUT2D eigenvalue weighted by Gasteiger charge is -2.39. The first-order valence-electron chi connectivity index (χ1n) is 9.91. The molecular weight excluding hydrogens is 320 g/mol. The van der Waals surface area contributed by atoms with E-state index in [2.05, 4.69) is 62.5 Å². The number of nitrogens with one attached hydrogen (secondary N) is 1. The number of H-pyrrole nitrogens is 1. The largest absolute Gasteiger partial charge is 0.369 e. The Hall–Kier alpha value is -2.33. The highest BCUT2D eigenvalue weighted by Gasteiger charge is 2.26. The summed E-state index contributed by atoms with van der Waals surface area (Å²) in [5.41, 5.74) is 4.64. The third-order valence-corrected chi connectivity index (χ3v) is 6.13. The van der Waals surface area contributed by atoms with Crippen LogP contribution in [0, 0.1) is 0 Å². The third kappa shape index (κ3) is 2.88. The number of hydrogen-bond donors (Lipinski definition) is 1. The Morgan fingerprint density at radius 3 is 2.35 bits per heavy atom. The zero-order valence-electron chi connectivity index (χ0n) is 15.2. The van der Waals surface area contributed by atoms with Gasteiger partial charge in [-0.1, -0.05) is 43.2 Å². The van der Waals surface area contributed by atoms with Gasteiger partial charge >= 0.3 is 0 Å². The van der Waals surface area contributed by atoms with Crippen molar-refractivity contribution in [3.05, 3.63) is 48.5 Å². The minimum absolute atomic E-state index is 0.854. The molecule has 1 aromatic heterocycles. The number of fused-ring (bicyclic) bond motifs is 1. The normalized spacial score (nSPS) is 19.5. The molecule has 2 aliphatic rings. The van der Waals surface area contributed by atoms with Gasteiger partial charge in [-0.25, -0.2) is 0 Å². The van der Waals surface area contributed by atoms with Crippen LogP contribution in [0.15, 0.2) is 48.5 Å². The van der Waals surface area contributed by atoms with Crippen LogP contribution in [0.25, 0.3) is 22.2 Å². The van der Waals surface area contributed by atoms with E-state index in [1.807, 2.05) is 6.07 Å². The average molecular weight is 346 g/mol. The predicted octanol–water partition coefficient (Wildman–Crippen LogP) is 4.29. The molecule has 0 atom stereocenters. The van der Waals surface area contributed by atoms with E-state index in [0.717, 1.165) is 30.3 Å². The van der Waals surface area contributed by atoms with E-state index in [1.165, 1.54) is 55.4 Å². The topological polar surface area (TPSA) is 35.2 Å². The van der Waals surface area contributed by atoms with Gasteiger partial charge in [-0.15, -0.1) is 0 Å². The summed E-state index contributed by atoms with van der Waals surface area (Å²) in [5.74, 6) is 0. The number of benzene rings is 2. The monoisotopic (exact) mass is 346 g/mol. The Kier molecular flexibility index (Phi) is 4.13. The molecule has 2 heterocycles. The quantitative estimate of drug-likeness (QED) is 0.768. The summed E-state index contributed by atoms with van der Waals surface area (Å²) in [6, 6.07) is 18.1. The first-order valence-corrected chi connectivity index (χ1v) is 9.91.